The fraction of sp³-hybridized carbons (Fsp3) is 0.167. The van der Waals surface area contributed by atoms with E-state index in [1.165, 1.54) is 5.56 Å². The van der Waals surface area contributed by atoms with E-state index in [0.717, 1.165) is 11.1 Å². The number of anilines is 1. The molecular weight excluding hydrogens is 288 g/mol. The lowest BCUT2D eigenvalue weighted by molar-refractivity contribution is 0.460. The molecule has 0 atom stereocenters. The van der Waals surface area contributed by atoms with Crippen molar-refractivity contribution in [1.82, 2.24) is 15.0 Å². The van der Waals surface area contributed by atoms with Crippen LogP contribution in [-0.2, 0) is 0 Å². The number of aromatic hydroxyl groups is 1. The summed E-state index contributed by atoms with van der Waals surface area (Å²) in [5, 5.41) is 10.3. The van der Waals surface area contributed by atoms with Gasteiger partial charge < -0.3 is 10.8 Å². The van der Waals surface area contributed by atoms with Crippen molar-refractivity contribution in [1.29, 1.82) is 0 Å². The number of nitrogen functional groups attached to an aromatic ring is 1. The van der Waals surface area contributed by atoms with Crippen LogP contribution in [0.15, 0.2) is 36.5 Å². The Balaban J connectivity index is 1.88. The maximum atomic E-state index is 9.85. The molecule has 5 heteroatoms. The smallest absolute Gasteiger partial charge is 0.225 e. The van der Waals surface area contributed by atoms with Crippen LogP contribution in [0.3, 0.4) is 0 Å². The number of nitrogens with two attached hydrogens (primary N) is 1. The van der Waals surface area contributed by atoms with Crippen molar-refractivity contribution >= 4 is 29.1 Å². The van der Waals surface area contributed by atoms with E-state index < -0.39 is 0 Å². The van der Waals surface area contributed by atoms with E-state index in [0.29, 0.717) is 17.0 Å². The van der Waals surface area contributed by atoms with Gasteiger partial charge in [-0.3, -0.25) is 0 Å². The molecule has 0 aliphatic heterocycles. The molecule has 0 amide bonds. The van der Waals surface area contributed by atoms with Crippen molar-refractivity contribution in [3.8, 4) is 5.88 Å². The third kappa shape index (κ3) is 3.29. The van der Waals surface area contributed by atoms with Gasteiger partial charge in [-0.25, -0.2) is 4.98 Å². The van der Waals surface area contributed by atoms with Crippen LogP contribution in [0.2, 0.25) is 0 Å². The Hall–Kier alpha value is -2.95. The van der Waals surface area contributed by atoms with Crippen molar-refractivity contribution in [2.24, 2.45) is 0 Å². The molecule has 0 aliphatic carbocycles. The summed E-state index contributed by atoms with van der Waals surface area (Å²) < 4.78 is 0. The van der Waals surface area contributed by atoms with Gasteiger partial charge in [-0.15, -0.1) is 0 Å². The second-order valence-corrected chi connectivity index (χ2v) is 5.70. The number of pyridine rings is 1. The van der Waals surface area contributed by atoms with Crippen molar-refractivity contribution in [2.45, 2.75) is 19.8 Å². The largest absolute Gasteiger partial charge is 0.493 e. The van der Waals surface area contributed by atoms with Crippen molar-refractivity contribution in [3.63, 3.8) is 0 Å². The van der Waals surface area contributed by atoms with Gasteiger partial charge in [0, 0.05) is 6.20 Å². The van der Waals surface area contributed by atoms with Gasteiger partial charge in [0.25, 0.3) is 0 Å². The number of hydrogen-bond acceptors (Lipinski definition) is 5. The van der Waals surface area contributed by atoms with Crippen LogP contribution < -0.4 is 5.73 Å². The molecule has 3 N–H and O–H groups in total. The van der Waals surface area contributed by atoms with Crippen LogP contribution in [0.5, 0.6) is 5.88 Å². The van der Waals surface area contributed by atoms with Crippen molar-refractivity contribution in [2.75, 3.05) is 5.73 Å². The van der Waals surface area contributed by atoms with Crippen LogP contribution >= 0.6 is 0 Å². The molecule has 0 bridgehead atoms. The van der Waals surface area contributed by atoms with Gasteiger partial charge in [0.2, 0.25) is 11.8 Å². The first kappa shape index (κ1) is 15.0. The molecule has 3 rings (SSSR count). The number of hydrogen-bond donors (Lipinski definition) is 2. The predicted molar refractivity (Wildman–Crippen MR) is 92.9 cm³/mol. The quantitative estimate of drug-likeness (QED) is 0.772. The summed E-state index contributed by atoms with van der Waals surface area (Å²) >= 11 is 0. The molecule has 2 aromatic heterocycles. The molecule has 0 saturated heterocycles. The Morgan fingerprint density at radius 2 is 1.74 bits per heavy atom. The molecule has 0 radical (unpaired) electrons. The molecule has 0 fully saturated rings. The second-order valence-electron chi connectivity index (χ2n) is 5.70. The van der Waals surface area contributed by atoms with Crippen LogP contribution in [0.4, 0.5) is 5.95 Å². The Morgan fingerprint density at radius 1 is 1.04 bits per heavy atom. The maximum Gasteiger partial charge on any atom is 0.225 e. The number of rotatable bonds is 3. The minimum atomic E-state index is -0.156. The van der Waals surface area contributed by atoms with Gasteiger partial charge in [-0.05, 0) is 28.7 Å². The number of aromatic nitrogens is 3. The lowest BCUT2D eigenvalue weighted by Gasteiger charge is -2.04. The highest BCUT2D eigenvalue weighted by Crippen LogP contribution is 2.22. The Bertz CT molecular complexity index is 870. The van der Waals surface area contributed by atoms with Crippen LogP contribution in [-0.4, -0.2) is 20.1 Å². The molecule has 0 unspecified atom stereocenters. The fourth-order valence-electron chi connectivity index (χ4n) is 2.31. The second kappa shape index (κ2) is 6.04. The third-order valence-corrected chi connectivity index (χ3v) is 3.64. The zero-order valence-electron chi connectivity index (χ0n) is 13.1. The molecule has 2 heterocycles. The van der Waals surface area contributed by atoms with E-state index in [4.69, 9.17) is 5.73 Å². The lowest BCUT2D eigenvalue weighted by atomic mass is 10.0. The summed E-state index contributed by atoms with van der Waals surface area (Å²) in [6, 6.07) is 10.2. The summed E-state index contributed by atoms with van der Waals surface area (Å²) in [6.45, 7) is 4.35. The van der Waals surface area contributed by atoms with E-state index in [2.05, 4.69) is 53.1 Å². The molecule has 3 aromatic rings. The summed E-state index contributed by atoms with van der Waals surface area (Å²) in [5.74, 6) is 0.376. The molecule has 116 valence electrons. The molecule has 23 heavy (non-hydrogen) atoms. The standard InChI is InChI=1S/C18H18N4O/c1-11(2)14-7-5-12(6-8-14)3-4-13-9-15-16(20-10-13)21-18(19)22-17(15)23/h3-11H,1-2H3,(H3,19,20,21,22,23). The molecule has 0 saturated carbocycles. The zero-order valence-corrected chi connectivity index (χ0v) is 13.1. The van der Waals surface area contributed by atoms with Gasteiger partial charge in [0.05, 0.1) is 5.39 Å². The Kier molecular flexibility index (Phi) is 3.93. The maximum absolute atomic E-state index is 9.85. The van der Waals surface area contributed by atoms with E-state index in [1.54, 1.807) is 12.3 Å². The van der Waals surface area contributed by atoms with Gasteiger partial charge in [0.1, 0.15) is 0 Å². The first-order valence-electron chi connectivity index (χ1n) is 7.43. The first-order valence-corrected chi connectivity index (χ1v) is 7.43. The Morgan fingerprint density at radius 3 is 2.43 bits per heavy atom. The van der Waals surface area contributed by atoms with Crippen LogP contribution in [0.1, 0.15) is 36.5 Å². The van der Waals surface area contributed by atoms with Crippen LogP contribution in [0, 0.1) is 0 Å². The first-order chi connectivity index (χ1) is 11.0. The molecule has 0 aliphatic rings. The molecular formula is C18H18N4O. The third-order valence-electron chi connectivity index (χ3n) is 3.64. The predicted octanol–water partition coefficient (Wildman–Crippen LogP) is 3.61. The highest BCUT2D eigenvalue weighted by molar-refractivity contribution is 5.84. The molecule has 5 nitrogen and oxygen atoms in total. The van der Waals surface area contributed by atoms with E-state index in [1.807, 2.05) is 12.2 Å². The topological polar surface area (TPSA) is 84.9 Å². The SMILES string of the molecule is CC(C)c1ccc(C=Cc2cnc3nc(N)nc(O)c3c2)cc1. The van der Waals surface area contributed by atoms with Crippen molar-refractivity contribution in [3.05, 3.63) is 53.2 Å². The minimum Gasteiger partial charge on any atom is -0.493 e. The van der Waals surface area contributed by atoms with Gasteiger partial charge in [0.15, 0.2) is 5.65 Å². The Labute approximate surface area is 134 Å². The molecule has 0 spiro atoms. The average Bonchev–Trinajstić information content (AvgIpc) is 2.53. The normalized spacial score (nSPS) is 11.6. The lowest BCUT2D eigenvalue weighted by Crippen LogP contribution is -1.96. The zero-order chi connectivity index (χ0) is 16.4. The van der Waals surface area contributed by atoms with E-state index in [-0.39, 0.29) is 11.8 Å². The van der Waals surface area contributed by atoms with Crippen LogP contribution in [0.25, 0.3) is 23.2 Å². The van der Waals surface area contributed by atoms with E-state index in [9.17, 15) is 5.11 Å². The van der Waals surface area contributed by atoms with Gasteiger partial charge in [-0.1, -0.05) is 50.3 Å². The minimum absolute atomic E-state index is 0.0102. The summed E-state index contributed by atoms with van der Waals surface area (Å²) in [7, 11) is 0. The molecule has 1 aromatic carbocycles. The number of nitrogens with zero attached hydrogens (tertiary/aromatic N) is 3. The monoisotopic (exact) mass is 306 g/mol. The fourth-order valence-corrected chi connectivity index (χ4v) is 2.31. The summed E-state index contributed by atoms with van der Waals surface area (Å²) in [5.41, 5.74) is 9.15. The number of fused-ring (bicyclic) bond motifs is 1. The summed E-state index contributed by atoms with van der Waals surface area (Å²) in [4.78, 5) is 11.9. The average molecular weight is 306 g/mol. The highest BCUT2D eigenvalue weighted by Gasteiger charge is 2.06. The van der Waals surface area contributed by atoms with Gasteiger partial charge in [-0.2, -0.15) is 9.97 Å². The van der Waals surface area contributed by atoms with E-state index >= 15 is 0 Å². The van der Waals surface area contributed by atoms with Gasteiger partial charge >= 0.3 is 0 Å². The summed E-state index contributed by atoms with van der Waals surface area (Å²) in [6.07, 6.45) is 5.63. The highest BCUT2D eigenvalue weighted by atomic mass is 16.3. The number of benzene rings is 1. The van der Waals surface area contributed by atoms with Crippen molar-refractivity contribution < 1.29 is 5.11 Å².